The van der Waals surface area contributed by atoms with Gasteiger partial charge in [-0.25, -0.2) is 4.79 Å². The summed E-state index contributed by atoms with van der Waals surface area (Å²) in [5.74, 6) is -1.67. The molecule has 0 radical (unpaired) electrons. The number of ether oxygens (including phenoxy) is 1. The Labute approximate surface area is 251 Å². The number of hydrogen-bond acceptors (Lipinski definition) is 6. The van der Waals surface area contributed by atoms with Gasteiger partial charge < -0.3 is 25.8 Å². The number of rotatable bonds is 12. The molecule has 1 unspecified atom stereocenters. The van der Waals surface area contributed by atoms with E-state index in [2.05, 4.69) is 27.3 Å². The summed E-state index contributed by atoms with van der Waals surface area (Å²) in [5, 5.41) is 21.8. The number of halogens is 3. The highest BCUT2D eigenvalue weighted by molar-refractivity contribution is 6.04. The Kier molecular flexibility index (Phi) is 12.2. The summed E-state index contributed by atoms with van der Waals surface area (Å²) in [7, 11) is 0. The van der Waals surface area contributed by atoms with E-state index in [-0.39, 0.29) is 12.2 Å². The minimum Gasteiger partial charge on any atom is -0.444 e. The van der Waals surface area contributed by atoms with Gasteiger partial charge in [-0.1, -0.05) is 37.6 Å². The van der Waals surface area contributed by atoms with E-state index in [1.807, 2.05) is 26.0 Å². The maximum absolute atomic E-state index is 13.4. The molecule has 2 aromatic carbocycles. The normalized spacial score (nSPS) is 12.8. The van der Waals surface area contributed by atoms with E-state index >= 15 is 0 Å². The quantitative estimate of drug-likeness (QED) is 0.225. The summed E-state index contributed by atoms with van der Waals surface area (Å²) in [5.41, 5.74) is -0.664. The third kappa shape index (κ3) is 10.9. The summed E-state index contributed by atoms with van der Waals surface area (Å²) in [6.07, 6.45) is -5.03. The van der Waals surface area contributed by atoms with Crippen LogP contribution in [0.25, 0.3) is 0 Å². The summed E-state index contributed by atoms with van der Waals surface area (Å²) >= 11 is 0. The first-order valence-corrected chi connectivity index (χ1v) is 14.2. The SMILES string of the molecule is CCC(O)(CC)C(CNCc1ccc(C)cc1C)NC(=O)CNC(=O)c1cc(C(F)(F)F)ccc1NC(=O)OC(C)(C)C. The molecule has 0 aliphatic carbocycles. The molecule has 0 aliphatic rings. The van der Waals surface area contributed by atoms with E-state index in [9.17, 15) is 32.7 Å². The number of hydrogen-bond donors (Lipinski definition) is 5. The van der Waals surface area contributed by atoms with Crippen molar-refractivity contribution in [3.63, 3.8) is 0 Å². The Morgan fingerprint density at radius 2 is 1.63 bits per heavy atom. The van der Waals surface area contributed by atoms with Crippen molar-refractivity contribution >= 4 is 23.6 Å². The second kappa shape index (κ2) is 14.7. The van der Waals surface area contributed by atoms with Crippen LogP contribution in [0.15, 0.2) is 36.4 Å². The van der Waals surface area contributed by atoms with Gasteiger partial charge in [0.15, 0.2) is 0 Å². The van der Waals surface area contributed by atoms with E-state index in [1.54, 1.807) is 34.6 Å². The molecule has 2 aromatic rings. The number of carbonyl (C=O) groups excluding carboxylic acids is 3. The van der Waals surface area contributed by atoms with Crippen LogP contribution in [0.2, 0.25) is 0 Å². The number of aliphatic hydroxyl groups is 1. The summed E-state index contributed by atoms with van der Waals surface area (Å²) in [6, 6.07) is 7.60. The monoisotopic (exact) mass is 608 g/mol. The Morgan fingerprint density at radius 3 is 2.19 bits per heavy atom. The van der Waals surface area contributed by atoms with Gasteiger partial charge in [-0.05, 0) is 76.8 Å². The number of aryl methyl sites for hydroxylation is 2. The molecule has 0 saturated carbocycles. The van der Waals surface area contributed by atoms with Crippen molar-refractivity contribution < 1.29 is 37.4 Å². The lowest BCUT2D eigenvalue weighted by molar-refractivity contribution is -0.137. The van der Waals surface area contributed by atoms with E-state index < -0.39 is 59.0 Å². The fourth-order valence-electron chi connectivity index (χ4n) is 4.45. The van der Waals surface area contributed by atoms with Crippen molar-refractivity contribution in [1.82, 2.24) is 16.0 Å². The first-order chi connectivity index (χ1) is 19.9. The van der Waals surface area contributed by atoms with Crippen LogP contribution in [0.1, 0.15) is 80.1 Å². The molecule has 0 bridgehead atoms. The second-order valence-electron chi connectivity index (χ2n) is 11.6. The summed E-state index contributed by atoms with van der Waals surface area (Å²) in [4.78, 5) is 38.1. The van der Waals surface area contributed by atoms with Crippen LogP contribution in [-0.4, -0.2) is 53.3 Å². The van der Waals surface area contributed by atoms with Crippen molar-refractivity contribution in [3.8, 4) is 0 Å². The Morgan fingerprint density at radius 1 is 0.977 bits per heavy atom. The van der Waals surface area contributed by atoms with Crippen LogP contribution in [0, 0.1) is 13.8 Å². The minimum atomic E-state index is -4.75. The number of anilines is 1. The van der Waals surface area contributed by atoms with Crippen LogP contribution in [-0.2, 0) is 22.3 Å². The van der Waals surface area contributed by atoms with Gasteiger partial charge in [0, 0.05) is 13.1 Å². The number of nitrogens with one attached hydrogen (secondary N) is 4. The summed E-state index contributed by atoms with van der Waals surface area (Å²) in [6.45, 7) is 12.6. The first kappa shape index (κ1) is 35.6. The van der Waals surface area contributed by atoms with Gasteiger partial charge in [0.05, 0.1) is 35.0 Å². The van der Waals surface area contributed by atoms with Gasteiger partial charge in [-0.2, -0.15) is 13.2 Å². The van der Waals surface area contributed by atoms with Crippen molar-refractivity contribution in [2.75, 3.05) is 18.4 Å². The molecule has 3 amide bonds. The molecule has 0 aliphatic heterocycles. The van der Waals surface area contributed by atoms with Gasteiger partial charge in [-0.3, -0.25) is 14.9 Å². The van der Waals surface area contributed by atoms with Crippen molar-refractivity contribution in [3.05, 3.63) is 64.2 Å². The lowest BCUT2D eigenvalue weighted by Crippen LogP contribution is -2.58. The van der Waals surface area contributed by atoms with Crippen LogP contribution >= 0.6 is 0 Å². The predicted octanol–water partition coefficient (Wildman–Crippen LogP) is 5.22. The van der Waals surface area contributed by atoms with Crippen LogP contribution < -0.4 is 21.3 Å². The molecular weight excluding hydrogens is 565 g/mol. The Bertz CT molecular complexity index is 1290. The molecule has 0 spiro atoms. The zero-order chi connectivity index (χ0) is 32.6. The molecular formula is C31H43F3N4O5. The highest BCUT2D eigenvalue weighted by Crippen LogP contribution is 2.32. The number of alkyl halides is 3. The number of carbonyl (C=O) groups is 3. The van der Waals surface area contributed by atoms with E-state index in [4.69, 9.17) is 4.74 Å². The van der Waals surface area contributed by atoms with E-state index in [0.29, 0.717) is 25.5 Å². The number of amides is 3. The molecule has 0 aromatic heterocycles. The molecule has 5 N–H and O–H groups in total. The topological polar surface area (TPSA) is 129 Å². The van der Waals surface area contributed by atoms with Gasteiger partial charge in [0.2, 0.25) is 5.91 Å². The highest BCUT2D eigenvalue weighted by Gasteiger charge is 2.35. The average Bonchev–Trinajstić information content (AvgIpc) is 2.90. The fourth-order valence-corrected chi connectivity index (χ4v) is 4.45. The molecule has 12 heteroatoms. The Hall–Kier alpha value is -3.64. The zero-order valence-electron chi connectivity index (χ0n) is 25.8. The summed E-state index contributed by atoms with van der Waals surface area (Å²) < 4.78 is 45.3. The minimum absolute atomic E-state index is 0.222. The molecule has 0 saturated heterocycles. The maximum atomic E-state index is 13.4. The molecule has 9 nitrogen and oxygen atoms in total. The molecule has 238 valence electrons. The molecule has 0 heterocycles. The number of benzene rings is 2. The predicted molar refractivity (Wildman–Crippen MR) is 159 cm³/mol. The molecule has 0 fully saturated rings. The highest BCUT2D eigenvalue weighted by atomic mass is 19.4. The lowest BCUT2D eigenvalue weighted by Gasteiger charge is -2.35. The van der Waals surface area contributed by atoms with E-state index in [0.717, 1.165) is 28.8 Å². The van der Waals surface area contributed by atoms with Crippen LogP contribution in [0.4, 0.5) is 23.7 Å². The van der Waals surface area contributed by atoms with E-state index in [1.165, 1.54) is 0 Å². The van der Waals surface area contributed by atoms with Crippen molar-refractivity contribution in [1.29, 1.82) is 0 Å². The first-order valence-electron chi connectivity index (χ1n) is 14.2. The van der Waals surface area contributed by atoms with Gasteiger partial charge in [-0.15, -0.1) is 0 Å². The largest absolute Gasteiger partial charge is 0.444 e. The van der Waals surface area contributed by atoms with Crippen LogP contribution in [0.5, 0.6) is 0 Å². The molecule has 43 heavy (non-hydrogen) atoms. The van der Waals surface area contributed by atoms with Gasteiger partial charge in [0.25, 0.3) is 5.91 Å². The van der Waals surface area contributed by atoms with Crippen molar-refractivity contribution in [2.45, 2.75) is 91.3 Å². The third-order valence-corrected chi connectivity index (χ3v) is 7.01. The fraction of sp³-hybridized carbons (Fsp3) is 0.516. The maximum Gasteiger partial charge on any atom is 0.416 e. The average molecular weight is 609 g/mol. The Balaban J connectivity index is 2.16. The van der Waals surface area contributed by atoms with Crippen LogP contribution in [0.3, 0.4) is 0 Å². The van der Waals surface area contributed by atoms with Crippen molar-refractivity contribution in [2.24, 2.45) is 0 Å². The zero-order valence-corrected chi connectivity index (χ0v) is 25.8. The molecule has 1 atom stereocenters. The van der Waals surface area contributed by atoms with Gasteiger partial charge in [0.1, 0.15) is 5.60 Å². The smallest absolute Gasteiger partial charge is 0.416 e. The second-order valence-corrected chi connectivity index (χ2v) is 11.6. The third-order valence-electron chi connectivity index (χ3n) is 7.01. The standard InChI is InChI=1S/C31H43F3N4O5/c1-8-30(42,9-2)25(17-35-16-21-11-10-19(3)14-20(21)4)38-26(39)18-36-27(40)23-15-22(31(32,33)34)12-13-24(23)37-28(41)43-29(5,6)7/h10-15,25,35,42H,8-9,16-18H2,1-7H3,(H,36,40)(H,37,41)(H,38,39). The molecule has 2 rings (SSSR count). The van der Waals surface area contributed by atoms with Gasteiger partial charge >= 0.3 is 12.3 Å². The lowest BCUT2D eigenvalue weighted by atomic mass is 9.88.